The Labute approximate surface area is 221 Å². The highest BCUT2D eigenvalue weighted by atomic mass is 16.5. The second kappa shape index (κ2) is 9.30. The van der Waals surface area contributed by atoms with Crippen molar-refractivity contribution in [2.75, 3.05) is 13.7 Å². The lowest BCUT2D eigenvalue weighted by molar-refractivity contribution is 0.0810. The van der Waals surface area contributed by atoms with Crippen LogP contribution in [0, 0.1) is 13.8 Å². The molecule has 0 spiro atoms. The number of methoxy groups -OCH3 is 1. The number of carbonyl (C=O) groups is 1. The quantitative estimate of drug-likeness (QED) is 0.288. The number of hydrogen-bond donors (Lipinski definition) is 3. The van der Waals surface area contributed by atoms with E-state index < -0.39 is 5.54 Å². The summed E-state index contributed by atoms with van der Waals surface area (Å²) in [6, 6.07) is 21.5. The van der Waals surface area contributed by atoms with Crippen molar-refractivity contribution in [2.24, 2.45) is 0 Å². The van der Waals surface area contributed by atoms with Crippen molar-refractivity contribution in [2.45, 2.75) is 38.6 Å². The smallest absolute Gasteiger partial charge is 0.252 e. The van der Waals surface area contributed by atoms with E-state index in [0.717, 1.165) is 23.2 Å². The summed E-state index contributed by atoms with van der Waals surface area (Å²) in [7, 11) is 1.61. The van der Waals surface area contributed by atoms with Crippen LogP contribution < -0.4 is 10.1 Å². The number of amides is 1. The maximum Gasteiger partial charge on any atom is 0.252 e. The third-order valence-electron chi connectivity index (χ3n) is 8.07. The Kier molecular flexibility index (Phi) is 5.92. The van der Waals surface area contributed by atoms with Gasteiger partial charge in [-0.15, -0.1) is 0 Å². The molecule has 6 heteroatoms. The maximum absolute atomic E-state index is 14.0. The van der Waals surface area contributed by atoms with E-state index in [4.69, 9.17) is 9.72 Å². The molecule has 6 nitrogen and oxygen atoms in total. The van der Waals surface area contributed by atoms with Crippen molar-refractivity contribution in [3.63, 3.8) is 0 Å². The summed E-state index contributed by atoms with van der Waals surface area (Å²) < 4.78 is 5.45. The molecule has 3 N–H and O–H groups in total. The summed E-state index contributed by atoms with van der Waals surface area (Å²) in [5, 5.41) is 15.9. The van der Waals surface area contributed by atoms with Gasteiger partial charge in [0.15, 0.2) is 0 Å². The highest BCUT2D eigenvalue weighted by Crippen LogP contribution is 2.37. The van der Waals surface area contributed by atoms with Gasteiger partial charge in [-0.05, 0) is 73.7 Å². The number of aliphatic hydroxyl groups is 1. The molecule has 3 aromatic carbocycles. The Hall–Kier alpha value is -4.16. The van der Waals surface area contributed by atoms with Crippen molar-refractivity contribution in [1.29, 1.82) is 0 Å². The van der Waals surface area contributed by atoms with Crippen LogP contribution in [0.2, 0.25) is 0 Å². The van der Waals surface area contributed by atoms with Crippen LogP contribution in [0.4, 0.5) is 0 Å². The normalized spacial score (nSPS) is 16.9. The summed E-state index contributed by atoms with van der Waals surface area (Å²) in [6.07, 6.45) is 1.96. The van der Waals surface area contributed by atoms with Gasteiger partial charge in [0.25, 0.3) is 5.91 Å². The van der Waals surface area contributed by atoms with Crippen LogP contribution >= 0.6 is 0 Å². The SMILES string of the molecule is COc1ccc2nc(-c3ccccc3)cc(C(=O)NC3(CO)CCc4[nH]c5ccc(C)c(C)c5c4C3)c2c1. The molecule has 1 unspecified atom stereocenters. The molecule has 5 aromatic rings. The molecule has 0 aliphatic heterocycles. The van der Waals surface area contributed by atoms with E-state index in [1.165, 1.54) is 27.8 Å². The summed E-state index contributed by atoms with van der Waals surface area (Å²) in [4.78, 5) is 22.4. The number of benzene rings is 3. The molecule has 0 radical (unpaired) electrons. The zero-order valence-electron chi connectivity index (χ0n) is 21.9. The maximum atomic E-state index is 14.0. The van der Waals surface area contributed by atoms with E-state index in [1.54, 1.807) is 7.11 Å². The third kappa shape index (κ3) is 4.02. The van der Waals surface area contributed by atoms with Gasteiger partial charge in [0.1, 0.15) is 5.75 Å². The van der Waals surface area contributed by atoms with Crippen molar-refractivity contribution in [3.05, 3.63) is 94.7 Å². The first-order valence-electron chi connectivity index (χ1n) is 13.0. The summed E-state index contributed by atoms with van der Waals surface area (Å²) in [6.45, 7) is 4.11. The lowest BCUT2D eigenvalue weighted by Crippen LogP contribution is -2.54. The van der Waals surface area contributed by atoms with E-state index in [2.05, 4.69) is 36.3 Å². The Bertz CT molecular complexity index is 1690. The zero-order valence-corrected chi connectivity index (χ0v) is 21.9. The number of nitrogens with zero attached hydrogens (tertiary/aromatic N) is 1. The van der Waals surface area contributed by atoms with Crippen LogP contribution in [0.1, 0.15) is 39.2 Å². The van der Waals surface area contributed by atoms with Crippen molar-refractivity contribution < 1.29 is 14.6 Å². The average Bonchev–Trinajstić information content (AvgIpc) is 3.32. The Morgan fingerprint density at radius 2 is 1.92 bits per heavy atom. The lowest BCUT2D eigenvalue weighted by Gasteiger charge is -2.37. The first-order valence-corrected chi connectivity index (χ1v) is 13.0. The number of pyridine rings is 1. The number of hydrogen-bond acceptors (Lipinski definition) is 4. The Balaban J connectivity index is 1.42. The zero-order chi connectivity index (χ0) is 26.4. The van der Waals surface area contributed by atoms with Crippen molar-refractivity contribution >= 4 is 27.7 Å². The Morgan fingerprint density at radius 3 is 2.68 bits per heavy atom. The van der Waals surface area contributed by atoms with Crippen LogP contribution in [-0.4, -0.2) is 40.2 Å². The summed E-state index contributed by atoms with van der Waals surface area (Å²) in [5.41, 5.74) is 8.07. The molecule has 2 heterocycles. The van der Waals surface area contributed by atoms with Crippen molar-refractivity contribution in [1.82, 2.24) is 15.3 Å². The number of ether oxygens (including phenoxy) is 1. The Morgan fingerprint density at radius 1 is 1.11 bits per heavy atom. The molecule has 192 valence electrons. The van der Waals surface area contributed by atoms with Gasteiger partial charge in [0, 0.05) is 34.0 Å². The fraction of sp³-hybridized carbons (Fsp3) is 0.250. The van der Waals surface area contributed by atoms with Crippen LogP contribution in [0.3, 0.4) is 0 Å². The molecule has 1 amide bonds. The topological polar surface area (TPSA) is 87.2 Å². The molecule has 0 fully saturated rings. The molecule has 1 aliphatic rings. The number of aliphatic hydroxyl groups excluding tert-OH is 1. The van der Waals surface area contributed by atoms with E-state index in [9.17, 15) is 9.90 Å². The van der Waals surface area contributed by atoms with Gasteiger partial charge >= 0.3 is 0 Å². The molecule has 0 bridgehead atoms. The predicted octanol–water partition coefficient (Wildman–Crippen LogP) is 5.66. The van der Waals surface area contributed by atoms with E-state index >= 15 is 0 Å². The van der Waals surface area contributed by atoms with E-state index in [1.807, 2.05) is 54.6 Å². The van der Waals surface area contributed by atoms with Crippen LogP contribution in [0.25, 0.3) is 33.1 Å². The highest BCUT2D eigenvalue weighted by molar-refractivity contribution is 6.08. The number of H-pyrrole nitrogens is 1. The monoisotopic (exact) mass is 505 g/mol. The van der Waals surface area contributed by atoms with Gasteiger partial charge in [-0.3, -0.25) is 4.79 Å². The van der Waals surface area contributed by atoms with Crippen LogP contribution in [0.5, 0.6) is 5.75 Å². The second-order valence-electron chi connectivity index (χ2n) is 10.4. The number of aryl methyl sites for hydroxylation is 3. The first-order chi connectivity index (χ1) is 18.4. The second-order valence-corrected chi connectivity index (χ2v) is 10.4. The highest BCUT2D eigenvalue weighted by Gasteiger charge is 2.38. The minimum absolute atomic E-state index is 0.145. The fourth-order valence-corrected chi connectivity index (χ4v) is 5.76. The number of nitrogens with one attached hydrogen (secondary N) is 2. The summed E-state index contributed by atoms with van der Waals surface area (Å²) in [5.74, 6) is 0.428. The molecule has 38 heavy (non-hydrogen) atoms. The molecular formula is C32H31N3O3. The molecule has 0 saturated heterocycles. The van der Waals surface area contributed by atoms with Crippen LogP contribution in [0.15, 0.2) is 66.7 Å². The number of carbonyl (C=O) groups excluding carboxylic acids is 1. The van der Waals surface area contributed by atoms with E-state index in [-0.39, 0.29) is 12.5 Å². The van der Waals surface area contributed by atoms with Gasteiger partial charge in [0.05, 0.1) is 36.0 Å². The van der Waals surface area contributed by atoms with Gasteiger partial charge in [-0.25, -0.2) is 4.98 Å². The lowest BCUT2D eigenvalue weighted by atomic mass is 9.79. The van der Waals surface area contributed by atoms with Gasteiger partial charge in [-0.1, -0.05) is 36.4 Å². The first kappa shape index (κ1) is 24.2. The molecule has 1 aliphatic carbocycles. The summed E-state index contributed by atoms with van der Waals surface area (Å²) >= 11 is 0. The van der Waals surface area contributed by atoms with Gasteiger partial charge in [-0.2, -0.15) is 0 Å². The molecule has 2 aromatic heterocycles. The molecule has 6 rings (SSSR count). The van der Waals surface area contributed by atoms with Crippen LogP contribution in [-0.2, 0) is 12.8 Å². The average molecular weight is 506 g/mol. The predicted molar refractivity (Wildman–Crippen MR) is 151 cm³/mol. The van der Waals surface area contributed by atoms with Gasteiger partial charge < -0.3 is 20.1 Å². The third-order valence-corrected chi connectivity index (χ3v) is 8.07. The molecule has 0 saturated carbocycles. The van der Waals surface area contributed by atoms with Crippen molar-refractivity contribution in [3.8, 4) is 17.0 Å². The fourth-order valence-electron chi connectivity index (χ4n) is 5.76. The number of aromatic amines is 1. The minimum Gasteiger partial charge on any atom is -0.497 e. The number of fused-ring (bicyclic) bond motifs is 4. The number of aromatic nitrogens is 2. The number of rotatable bonds is 5. The molecule has 1 atom stereocenters. The standard InChI is InChI=1S/C32H31N3O3/c1-19-9-11-28-30(20(19)2)25-17-32(18-36,14-13-27(25)33-28)35-31(37)24-16-29(21-7-5-4-6-8-21)34-26-12-10-22(38-3)15-23(24)26/h4-12,15-16,33,36H,13-14,17-18H2,1-3H3,(H,35,37). The van der Waals surface area contributed by atoms with Gasteiger partial charge in [0.2, 0.25) is 0 Å². The minimum atomic E-state index is -0.767. The largest absolute Gasteiger partial charge is 0.497 e. The van der Waals surface area contributed by atoms with E-state index in [0.29, 0.717) is 35.1 Å². The molecular weight excluding hydrogens is 474 g/mol.